The second kappa shape index (κ2) is 4.18. The molecule has 0 aromatic heterocycles. The Hall–Kier alpha value is -1.30. The molecule has 6 heteroatoms. The largest absolute Gasteiger partial charge is 0.480 e. The van der Waals surface area contributed by atoms with E-state index in [4.69, 9.17) is 9.84 Å². The molecule has 2 atom stereocenters. The van der Waals surface area contributed by atoms with Crippen LogP contribution in [0.3, 0.4) is 0 Å². The average Bonchev–Trinajstić information content (AvgIpc) is 2.38. The molecule has 1 rings (SSSR count). The van der Waals surface area contributed by atoms with Gasteiger partial charge in [0.15, 0.2) is 0 Å². The van der Waals surface area contributed by atoms with Crippen molar-refractivity contribution in [1.29, 1.82) is 0 Å². The van der Waals surface area contributed by atoms with Gasteiger partial charge in [-0.05, 0) is 27.7 Å². The summed E-state index contributed by atoms with van der Waals surface area (Å²) in [6.45, 7) is 6.59. The van der Waals surface area contributed by atoms with E-state index in [2.05, 4.69) is 0 Å². The van der Waals surface area contributed by atoms with Crippen molar-refractivity contribution in [3.05, 3.63) is 0 Å². The summed E-state index contributed by atoms with van der Waals surface area (Å²) in [5.41, 5.74) is -1.87. The second-order valence-electron chi connectivity index (χ2n) is 5.66. The van der Waals surface area contributed by atoms with Crippen LogP contribution >= 0.6 is 0 Å². The Morgan fingerprint density at radius 2 is 1.94 bits per heavy atom. The number of carboxylic acids is 1. The quantitative estimate of drug-likeness (QED) is 0.714. The molecule has 0 aromatic carbocycles. The van der Waals surface area contributed by atoms with Crippen LogP contribution in [0.4, 0.5) is 4.79 Å². The van der Waals surface area contributed by atoms with Crippen LogP contribution in [0.15, 0.2) is 0 Å². The SMILES string of the molecule is CC(C)(C)OC(=O)N1C[C@](C)(O)C[C@H]1C(=O)O. The minimum absolute atomic E-state index is 0.0155. The molecule has 0 saturated carbocycles. The minimum atomic E-state index is -1.18. The Morgan fingerprint density at radius 1 is 1.41 bits per heavy atom. The van der Waals surface area contributed by atoms with Crippen LogP contribution in [0.1, 0.15) is 34.1 Å². The van der Waals surface area contributed by atoms with Gasteiger partial charge in [0.25, 0.3) is 0 Å². The van der Waals surface area contributed by atoms with Crippen LogP contribution in [0, 0.1) is 0 Å². The molecule has 0 aliphatic carbocycles. The molecule has 0 radical (unpaired) electrons. The lowest BCUT2D eigenvalue weighted by atomic mass is 10.0. The Labute approximate surface area is 100 Å². The van der Waals surface area contributed by atoms with Gasteiger partial charge in [0.2, 0.25) is 0 Å². The first kappa shape index (κ1) is 13.8. The van der Waals surface area contributed by atoms with Gasteiger partial charge in [-0.15, -0.1) is 0 Å². The smallest absolute Gasteiger partial charge is 0.411 e. The maximum atomic E-state index is 11.8. The molecule has 1 saturated heterocycles. The van der Waals surface area contributed by atoms with Crippen LogP contribution in [-0.4, -0.2) is 51.0 Å². The third kappa shape index (κ3) is 3.59. The van der Waals surface area contributed by atoms with Gasteiger partial charge in [0, 0.05) is 6.42 Å². The van der Waals surface area contributed by atoms with Crippen molar-refractivity contribution in [1.82, 2.24) is 4.90 Å². The highest BCUT2D eigenvalue weighted by Crippen LogP contribution is 2.28. The number of amides is 1. The number of carbonyl (C=O) groups excluding carboxylic acids is 1. The Bertz CT molecular complexity index is 331. The first-order chi connectivity index (χ1) is 7.52. The number of nitrogens with zero attached hydrogens (tertiary/aromatic N) is 1. The number of likely N-dealkylation sites (tertiary alicyclic amines) is 1. The number of carboxylic acid groups (broad SMARTS) is 1. The average molecular weight is 245 g/mol. The molecular formula is C11H19NO5. The topological polar surface area (TPSA) is 87.1 Å². The Balaban J connectivity index is 2.81. The van der Waals surface area contributed by atoms with E-state index in [0.717, 1.165) is 4.90 Å². The standard InChI is InChI=1S/C11H19NO5/c1-10(2,3)17-9(15)12-6-11(4,16)5-7(12)8(13)14/h7,16H,5-6H2,1-4H3,(H,13,14)/t7-,11+/m0/s1. The maximum absolute atomic E-state index is 11.8. The highest BCUT2D eigenvalue weighted by atomic mass is 16.6. The van der Waals surface area contributed by atoms with Crippen molar-refractivity contribution in [2.45, 2.75) is 51.4 Å². The van der Waals surface area contributed by atoms with Gasteiger partial charge in [0.1, 0.15) is 11.6 Å². The zero-order chi connectivity index (χ0) is 13.4. The Morgan fingerprint density at radius 3 is 2.35 bits per heavy atom. The zero-order valence-corrected chi connectivity index (χ0v) is 10.6. The number of hydrogen-bond acceptors (Lipinski definition) is 4. The van der Waals surface area contributed by atoms with Crippen LogP contribution in [-0.2, 0) is 9.53 Å². The van der Waals surface area contributed by atoms with Gasteiger partial charge in [-0.3, -0.25) is 4.90 Å². The Kier molecular flexibility index (Phi) is 3.38. The second-order valence-corrected chi connectivity index (χ2v) is 5.66. The summed E-state index contributed by atoms with van der Waals surface area (Å²) in [5.74, 6) is -1.13. The summed E-state index contributed by atoms with van der Waals surface area (Å²) in [5, 5.41) is 18.8. The number of ether oxygens (including phenoxy) is 1. The molecule has 2 N–H and O–H groups in total. The van der Waals surface area contributed by atoms with Crippen molar-refractivity contribution in [2.24, 2.45) is 0 Å². The van der Waals surface area contributed by atoms with Gasteiger partial charge in [-0.25, -0.2) is 9.59 Å². The monoisotopic (exact) mass is 245 g/mol. The van der Waals surface area contributed by atoms with E-state index in [1.807, 2.05) is 0 Å². The molecule has 98 valence electrons. The number of β-amino-alcohol motifs (C(OH)–C–C–N with tert-alkyl or cyclic N) is 1. The van der Waals surface area contributed by atoms with Gasteiger partial charge >= 0.3 is 12.1 Å². The fraction of sp³-hybridized carbons (Fsp3) is 0.818. The zero-order valence-electron chi connectivity index (χ0n) is 10.6. The number of aliphatic carboxylic acids is 1. The van der Waals surface area contributed by atoms with Crippen molar-refractivity contribution in [3.63, 3.8) is 0 Å². The highest BCUT2D eigenvalue weighted by Gasteiger charge is 2.46. The fourth-order valence-electron chi connectivity index (χ4n) is 1.80. The normalized spacial score (nSPS) is 29.2. The molecule has 0 spiro atoms. The molecule has 6 nitrogen and oxygen atoms in total. The van der Waals surface area contributed by atoms with Crippen LogP contribution in [0.2, 0.25) is 0 Å². The van der Waals surface area contributed by atoms with Crippen molar-refractivity contribution < 1.29 is 24.5 Å². The first-order valence-electron chi connectivity index (χ1n) is 5.47. The summed E-state index contributed by atoms with van der Waals surface area (Å²) in [7, 11) is 0. The van der Waals surface area contributed by atoms with Crippen LogP contribution in [0.5, 0.6) is 0 Å². The van der Waals surface area contributed by atoms with E-state index in [0.29, 0.717) is 0 Å². The van der Waals surface area contributed by atoms with E-state index in [-0.39, 0.29) is 13.0 Å². The predicted octanol–water partition coefficient (Wildman–Crippen LogP) is 0.831. The van der Waals surface area contributed by atoms with Gasteiger partial charge < -0.3 is 14.9 Å². The first-order valence-corrected chi connectivity index (χ1v) is 5.47. The summed E-state index contributed by atoms with van der Waals surface area (Å²) in [4.78, 5) is 23.9. The van der Waals surface area contributed by atoms with E-state index < -0.39 is 29.3 Å². The third-order valence-electron chi connectivity index (χ3n) is 2.43. The lowest BCUT2D eigenvalue weighted by Gasteiger charge is -2.26. The van der Waals surface area contributed by atoms with E-state index in [1.54, 1.807) is 20.8 Å². The molecule has 0 unspecified atom stereocenters. The lowest BCUT2D eigenvalue weighted by molar-refractivity contribution is -0.142. The summed E-state index contributed by atoms with van der Waals surface area (Å²) in [6, 6.07) is -1.03. The summed E-state index contributed by atoms with van der Waals surface area (Å²) >= 11 is 0. The number of rotatable bonds is 1. The molecule has 1 fully saturated rings. The lowest BCUT2D eigenvalue weighted by Crippen LogP contribution is -2.43. The maximum Gasteiger partial charge on any atom is 0.411 e. The molecule has 17 heavy (non-hydrogen) atoms. The molecule has 0 aromatic rings. The van der Waals surface area contributed by atoms with E-state index >= 15 is 0 Å². The molecule has 1 amide bonds. The predicted molar refractivity (Wildman–Crippen MR) is 59.6 cm³/mol. The van der Waals surface area contributed by atoms with Gasteiger partial charge in [-0.2, -0.15) is 0 Å². The van der Waals surface area contributed by atoms with E-state index in [9.17, 15) is 14.7 Å². The van der Waals surface area contributed by atoms with Crippen LogP contribution < -0.4 is 0 Å². The van der Waals surface area contributed by atoms with Crippen molar-refractivity contribution in [2.75, 3.05) is 6.54 Å². The molecular weight excluding hydrogens is 226 g/mol. The van der Waals surface area contributed by atoms with Crippen LogP contribution in [0.25, 0.3) is 0 Å². The summed E-state index contributed by atoms with van der Waals surface area (Å²) < 4.78 is 5.11. The minimum Gasteiger partial charge on any atom is -0.480 e. The van der Waals surface area contributed by atoms with Gasteiger partial charge in [-0.1, -0.05) is 0 Å². The van der Waals surface area contributed by atoms with Crippen molar-refractivity contribution >= 4 is 12.1 Å². The van der Waals surface area contributed by atoms with E-state index in [1.165, 1.54) is 6.92 Å². The van der Waals surface area contributed by atoms with Gasteiger partial charge in [0.05, 0.1) is 12.1 Å². The number of carbonyl (C=O) groups is 2. The highest BCUT2D eigenvalue weighted by molar-refractivity contribution is 5.81. The third-order valence-corrected chi connectivity index (χ3v) is 2.43. The molecule has 1 heterocycles. The fourth-order valence-corrected chi connectivity index (χ4v) is 1.80. The number of aliphatic hydroxyl groups is 1. The van der Waals surface area contributed by atoms with Crippen molar-refractivity contribution in [3.8, 4) is 0 Å². The molecule has 1 aliphatic heterocycles. The molecule has 1 aliphatic rings. The summed E-state index contributed by atoms with van der Waals surface area (Å²) in [6.07, 6.45) is -0.690. The molecule has 0 bridgehead atoms. The number of hydrogen-bond donors (Lipinski definition) is 2.